The highest BCUT2D eigenvalue weighted by molar-refractivity contribution is 5.78. The monoisotopic (exact) mass is 593 g/mol. The van der Waals surface area contributed by atoms with Crippen molar-refractivity contribution < 1.29 is 33.6 Å². The number of methoxy groups -OCH3 is 1. The van der Waals surface area contributed by atoms with Crippen LogP contribution in [0.15, 0.2) is 12.1 Å². The molecular weight excluding hydrogens is 538 g/mol. The molecule has 1 fully saturated rings. The van der Waals surface area contributed by atoms with E-state index in [0.29, 0.717) is 69.0 Å². The molecule has 4 atom stereocenters. The molecule has 2 aliphatic heterocycles. The van der Waals surface area contributed by atoms with Gasteiger partial charge in [0.25, 0.3) is 0 Å². The lowest BCUT2D eigenvalue weighted by Gasteiger charge is -2.30. The lowest BCUT2D eigenvalue weighted by Crippen LogP contribution is -2.45. The summed E-state index contributed by atoms with van der Waals surface area (Å²) in [5, 5.41) is 14.2. The highest BCUT2D eigenvalue weighted by Crippen LogP contribution is 2.41. The number of morpholine rings is 1. The zero-order chi connectivity index (χ0) is 30.5. The third-order valence-corrected chi connectivity index (χ3v) is 8.40. The van der Waals surface area contributed by atoms with E-state index in [2.05, 4.69) is 24.1 Å². The molecule has 2 heterocycles. The second-order valence-corrected chi connectivity index (χ2v) is 12.3. The van der Waals surface area contributed by atoms with Gasteiger partial charge in [-0.25, -0.2) is 0 Å². The first-order valence-corrected chi connectivity index (χ1v) is 15.7. The van der Waals surface area contributed by atoms with E-state index >= 15 is 0 Å². The SMILES string of the molecule is COCCCOc1cc(C[C@@H](C[C@H](N)[C@@H](O)C[C@@H](C(=O)NCCN2CCOCC2)C(C)C)C(C)C)cc2c1OCCO2. The Morgan fingerprint density at radius 3 is 2.48 bits per heavy atom. The molecule has 0 bridgehead atoms. The Bertz CT molecular complexity index is 939. The largest absolute Gasteiger partial charge is 0.489 e. The number of rotatable bonds is 18. The third-order valence-electron chi connectivity index (χ3n) is 8.40. The normalized spacial score (nSPS) is 18.5. The summed E-state index contributed by atoms with van der Waals surface area (Å²) in [6.45, 7) is 15.2. The molecule has 1 aromatic carbocycles. The number of aliphatic hydroxyl groups is 1. The van der Waals surface area contributed by atoms with Crippen LogP contribution < -0.4 is 25.3 Å². The molecule has 240 valence electrons. The first-order valence-electron chi connectivity index (χ1n) is 15.7. The number of hydrogen-bond acceptors (Lipinski definition) is 9. The number of nitrogens with two attached hydrogens (primary N) is 1. The van der Waals surface area contributed by atoms with Crippen molar-refractivity contribution in [3.05, 3.63) is 17.7 Å². The molecule has 0 radical (unpaired) electrons. The van der Waals surface area contributed by atoms with Gasteiger partial charge in [-0.15, -0.1) is 0 Å². The first-order chi connectivity index (χ1) is 20.2. The number of fused-ring (bicyclic) bond motifs is 1. The Morgan fingerprint density at radius 1 is 1.05 bits per heavy atom. The summed E-state index contributed by atoms with van der Waals surface area (Å²) in [5.41, 5.74) is 7.69. The Hall–Kier alpha value is -2.11. The number of carbonyl (C=O) groups is 1. The topological polar surface area (TPSA) is 125 Å². The second-order valence-electron chi connectivity index (χ2n) is 12.3. The molecule has 2 aliphatic rings. The molecule has 0 unspecified atom stereocenters. The highest BCUT2D eigenvalue weighted by atomic mass is 16.6. The van der Waals surface area contributed by atoms with Crippen LogP contribution in [0.5, 0.6) is 17.2 Å². The maximum Gasteiger partial charge on any atom is 0.223 e. The Labute approximate surface area is 252 Å². The van der Waals surface area contributed by atoms with Crippen molar-refractivity contribution in [1.82, 2.24) is 10.2 Å². The number of nitrogens with zero attached hydrogens (tertiary/aromatic N) is 1. The van der Waals surface area contributed by atoms with Crippen molar-refractivity contribution in [3.8, 4) is 17.2 Å². The van der Waals surface area contributed by atoms with Gasteiger partial charge in [-0.3, -0.25) is 9.69 Å². The first kappa shape index (κ1) is 34.4. The summed E-state index contributed by atoms with van der Waals surface area (Å²) in [4.78, 5) is 15.4. The lowest BCUT2D eigenvalue weighted by atomic mass is 9.80. The molecular formula is C32H55N3O7. The average molecular weight is 594 g/mol. The molecule has 42 heavy (non-hydrogen) atoms. The molecule has 3 rings (SSSR count). The molecule has 4 N–H and O–H groups in total. The van der Waals surface area contributed by atoms with Gasteiger partial charge < -0.3 is 39.8 Å². The molecule has 1 saturated heterocycles. The van der Waals surface area contributed by atoms with Crippen LogP contribution in [0.4, 0.5) is 0 Å². The van der Waals surface area contributed by atoms with Crippen LogP contribution >= 0.6 is 0 Å². The molecule has 0 aliphatic carbocycles. The van der Waals surface area contributed by atoms with Crippen LogP contribution in [0.1, 0.15) is 52.5 Å². The minimum atomic E-state index is -0.774. The van der Waals surface area contributed by atoms with E-state index < -0.39 is 12.1 Å². The van der Waals surface area contributed by atoms with Gasteiger partial charge in [0.05, 0.1) is 25.9 Å². The van der Waals surface area contributed by atoms with E-state index in [0.717, 1.165) is 51.3 Å². The summed E-state index contributed by atoms with van der Waals surface area (Å²) in [5.74, 6) is 2.37. The van der Waals surface area contributed by atoms with E-state index in [1.807, 2.05) is 26.0 Å². The van der Waals surface area contributed by atoms with Gasteiger partial charge in [0.1, 0.15) is 13.2 Å². The summed E-state index contributed by atoms with van der Waals surface area (Å²) in [6, 6.07) is 3.62. The number of amides is 1. The predicted octanol–water partition coefficient (Wildman–Crippen LogP) is 2.88. The quantitative estimate of drug-likeness (QED) is 0.220. The smallest absolute Gasteiger partial charge is 0.223 e. The van der Waals surface area contributed by atoms with Crippen molar-refractivity contribution >= 4 is 5.91 Å². The van der Waals surface area contributed by atoms with Crippen molar-refractivity contribution in [2.45, 2.75) is 65.5 Å². The van der Waals surface area contributed by atoms with Gasteiger partial charge in [-0.05, 0) is 54.7 Å². The summed E-state index contributed by atoms with van der Waals surface area (Å²) in [6.07, 6.45) is 1.75. The number of carbonyl (C=O) groups excluding carboxylic acids is 1. The number of benzene rings is 1. The van der Waals surface area contributed by atoms with E-state index in [4.69, 9.17) is 29.4 Å². The molecule has 1 aromatic rings. The fourth-order valence-corrected chi connectivity index (χ4v) is 5.60. The van der Waals surface area contributed by atoms with Gasteiger partial charge in [-0.2, -0.15) is 0 Å². The minimum absolute atomic E-state index is 0.0146. The molecule has 10 nitrogen and oxygen atoms in total. The number of ether oxygens (including phenoxy) is 5. The van der Waals surface area contributed by atoms with Crippen LogP contribution in [-0.4, -0.2) is 101 Å². The Kier molecular flexibility index (Phi) is 14.6. The molecule has 0 aromatic heterocycles. The van der Waals surface area contributed by atoms with E-state index in [-0.39, 0.29) is 23.7 Å². The van der Waals surface area contributed by atoms with E-state index in [1.54, 1.807) is 7.11 Å². The summed E-state index contributed by atoms with van der Waals surface area (Å²) < 4.78 is 28.4. The van der Waals surface area contributed by atoms with Gasteiger partial charge in [0.2, 0.25) is 11.7 Å². The van der Waals surface area contributed by atoms with Gasteiger partial charge in [-0.1, -0.05) is 27.7 Å². The molecule has 10 heteroatoms. The maximum absolute atomic E-state index is 13.1. The van der Waals surface area contributed by atoms with Crippen LogP contribution in [0, 0.1) is 23.7 Å². The Balaban J connectivity index is 1.58. The third kappa shape index (κ3) is 10.9. The average Bonchev–Trinajstić information content (AvgIpc) is 2.97. The lowest BCUT2D eigenvalue weighted by molar-refractivity contribution is -0.127. The second kappa shape index (κ2) is 17.9. The van der Waals surface area contributed by atoms with Crippen molar-refractivity contribution in [3.63, 3.8) is 0 Å². The fraction of sp³-hybridized carbons (Fsp3) is 0.781. The van der Waals surface area contributed by atoms with Crippen molar-refractivity contribution in [2.75, 3.05) is 72.9 Å². The van der Waals surface area contributed by atoms with Gasteiger partial charge in [0, 0.05) is 58.3 Å². The summed E-state index contributed by atoms with van der Waals surface area (Å²) >= 11 is 0. The minimum Gasteiger partial charge on any atom is -0.489 e. The summed E-state index contributed by atoms with van der Waals surface area (Å²) in [7, 11) is 1.68. The van der Waals surface area contributed by atoms with Gasteiger partial charge >= 0.3 is 0 Å². The molecule has 0 saturated carbocycles. The van der Waals surface area contributed by atoms with Crippen LogP contribution in [0.25, 0.3) is 0 Å². The zero-order valence-corrected chi connectivity index (χ0v) is 26.4. The zero-order valence-electron chi connectivity index (χ0n) is 26.4. The van der Waals surface area contributed by atoms with Crippen molar-refractivity contribution in [2.24, 2.45) is 29.4 Å². The van der Waals surface area contributed by atoms with Crippen molar-refractivity contribution in [1.29, 1.82) is 0 Å². The fourth-order valence-electron chi connectivity index (χ4n) is 5.60. The van der Waals surface area contributed by atoms with Crippen LogP contribution in [0.2, 0.25) is 0 Å². The molecule has 1 amide bonds. The maximum atomic E-state index is 13.1. The highest BCUT2D eigenvalue weighted by Gasteiger charge is 2.30. The Morgan fingerprint density at radius 2 is 1.79 bits per heavy atom. The predicted molar refractivity (Wildman–Crippen MR) is 163 cm³/mol. The van der Waals surface area contributed by atoms with Gasteiger partial charge in [0.15, 0.2) is 11.5 Å². The number of hydrogen-bond donors (Lipinski definition) is 3. The van der Waals surface area contributed by atoms with Crippen LogP contribution in [-0.2, 0) is 20.7 Å². The number of aliphatic hydroxyl groups excluding tert-OH is 1. The molecule has 0 spiro atoms. The number of nitrogens with one attached hydrogen (secondary N) is 1. The standard InChI is InChI=1S/C32H55N3O7/c1-22(2)25(17-24-18-29(40-12-6-11-38-5)31-30(19-24)41-15-16-42-31)20-27(33)28(36)21-26(23(3)4)32(37)34-7-8-35-9-13-39-14-10-35/h18-19,22-23,25-28,36H,6-17,20-21,33H2,1-5H3,(H,34,37)/t25-,26+,27-,28-/m0/s1. The van der Waals surface area contributed by atoms with E-state index in [9.17, 15) is 9.90 Å². The van der Waals surface area contributed by atoms with E-state index in [1.165, 1.54) is 0 Å². The van der Waals surface area contributed by atoms with Crippen LogP contribution in [0.3, 0.4) is 0 Å².